The average Bonchev–Trinajstić information content (AvgIpc) is 2.48. The Balaban J connectivity index is 0.00000400. The summed E-state index contributed by atoms with van der Waals surface area (Å²) in [5, 5.41) is 6.15. The summed E-state index contributed by atoms with van der Waals surface area (Å²) in [5.41, 5.74) is 0. The molecule has 1 rings (SSSR count). The van der Waals surface area contributed by atoms with Crippen LogP contribution >= 0.6 is 24.0 Å². The zero-order chi connectivity index (χ0) is 14.8. The number of nitrogens with one attached hydrogen (secondary N) is 2. The van der Waals surface area contributed by atoms with Crippen molar-refractivity contribution in [2.45, 2.75) is 45.4 Å². The maximum Gasteiger partial charge on any atom is 0.220 e. The Morgan fingerprint density at radius 2 is 1.95 bits per heavy atom. The molecule has 0 atom stereocenters. The van der Waals surface area contributed by atoms with Crippen LogP contribution in [0.2, 0.25) is 0 Å². The van der Waals surface area contributed by atoms with Crippen molar-refractivity contribution in [2.75, 3.05) is 33.7 Å². The molecule has 1 aliphatic rings. The highest BCUT2D eigenvalue weighted by atomic mass is 127. The average molecular weight is 410 g/mol. The molecule has 1 heterocycles. The number of likely N-dealkylation sites (tertiary alicyclic amines) is 1. The molecule has 0 bridgehead atoms. The van der Waals surface area contributed by atoms with Gasteiger partial charge in [-0.05, 0) is 25.2 Å². The number of guanidine groups is 1. The van der Waals surface area contributed by atoms with Gasteiger partial charge >= 0.3 is 0 Å². The van der Waals surface area contributed by atoms with Gasteiger partial charge in [-0.15, -0.1) is 24.0 Å². The molecule has 0 aromatic carbocycles. The molecule has 124 valence electrons. The second-order valence-corrected chi connectivity index (χ2v) is 5.49. The molecule has 1 saturated heterocycles. The first kappa shape index (κ1) is 20.5. The number of unbranched alkanes of at least 4 members (excludes halogenated alkanes) is 2. The number of hydrogen-bond donors (Lipinski definition) is 2. The summed E-state index contributed by atoms with van der Waals surface area (Å²) in [6, 6.07) is 0. The fourth-order valence-corrected chi connectivity index (χ4v) is 2.62. The van der Waals surface area contributed by atoms with Crippen LogP contribution in [0.4, 0.5) is 0 Å². The van der Waals surface area contributed by atoms with Crippen molar-refractivity contribution in [3.05, 3.63) is 0 Å². The van der Waals surface area contributed by atoms with Crippen molar-refractivity contribution in [3.8, 4) is 0 Å². The van der Waals surface area contributed by atoms with Gasteiger partial charge in [-0.3, -0.25) is 9.79 Å². The predicted octanol–water partition coefficient (Wildman–Crippen LogP) is 2.22. The number of rotatable bonds is 6. The minimum absolute atomic E-state index is 0. The van der Waals surface area contributed by atoms with Gasteiger partial charge in [0.2, 0.25) is 5.91 Å². The fraction of sp³-hybridized carbons (Fsp3) is 0.867. The minimum atomic E-state index is 0. The van der Waals surface area contributed by atoms with Gasteiger partial charge in [-0.2, -0.15) is 0 Å². The highest BCUT2D eigenvalue weighted by Gasteiger charge is 2.22. The zero-order valence-electron chi connectivity index (χ0n) is 13.7. The number of carbonyl (C=O) groups is 1. The van der Waals surface area contributed by atoms with Crippen LogP contribution in [0.5, 0.6) is 0 Å². The second kappa shape index (κ2) is 12.1. The molecule has 0 aromatic heterocycles. The summed E-state index contributed by atoms with van der Waals surface area (Å²) in [4.78, 5) is 18.1. The molecule has 1 fully saturated rings. The van der Waals surface area contributed by atoms with Crippen molar-refractivity contribution < 1.29 is 4.79 Å². The van der Waals surface area contributed by atoms with E-state index in [-0.39, 0.29) is 29.9 Å². The lowest BCUT2D eigenvalue weighted by atomic mass is 9.93. The van der Waals surface area contributed by atoms with E-state index >= 15 is 0 Å². The van der Waals surface area contributed by atoms with Crippen LogP contribution in [-0.2, 0) is 4.79 Å². The number of nitrogens with zero attached hydrogens (tertiary/aromatic N) is 2. The van der Waals surface area contributed by atoms with Crippen LogP contribution in [-0.4, -0.2) is 50.5 Å². The lowest BCUT2D eigenvalue weighted by Crippen LogP contribution is -2.46. The van der Waals surface area contributed by atoms with E-state index in [9.17, 15) is 4.79 Å². The number of amides is 1. The van der Waals surface area contributed by atoms with E-state index in [2.05, 4.69) is 27.4 Å². The Kier molecular flexibility index (Phi) is 11.8. The van der Waals surface area contributed by atoms with Gasteiger partial charge in [0.05, 0.1) is 0 Å². The molecule has 2 N–H and O–H groups in total. The standard InChI is InChI=1S/C15H30N4O.HI/c1-4-5-6-9-18-15(17-3)19-10-7-13(8-11-19)12-14(20)16-2;/h13H,4-12H2,1-3H3,(H,16,20)(H,17,18);1H. The summed E-state index contributed by atoms with van der Waals surface area (Å²) < 4.78 is 0. The lowest BCUT2D eigenvalue weighted by Gasteiger charge is -2.34. The van der Waals surface area contributed by atoms with Crippen molar-refractivity contribution in [1.29, 1.82) is 0 Å². The van der Waals surface area contributed by atoms with Crippen molar-refractivity contribution in [2.24, 2.45) is 10.9 Å². The molecule has 6 heteroatoms. The van der Waals surface area contributed by atoms with E-state index in [1.54, 1.807) is 7.05 Å². The topological polar surface area (TPSA) is 56.7 Å². The van der Waals surface area contributed by atoms with Crippen LogP contribution in [0.3, 0.4) is 0 Å². The van der Waals surface area contributed by atoms with Crippen molar-refractivity contribution >= 4 is 35.8 Å². The van der Waals surface area contributed by atoms with Crippen LogP contribution < -0.4 is 10.6 Å². The molecule has 0 saturated carbocycles. The maximum atomic E-state index is 11.4. The number of halogens is 1. The monoisotopic (exact) mass is 410 g/mol. The van der Waals surface area contributed by atoms with Crippen molar-refractivity contribution in [3.63, 3.8) is 0 Å². The SMILES string of the molecule is CCCCCNC(=NC)N1CCC(CC(=O)NC)CC1.I. The van der Waals surface area contributed by atoms with Crippen LogP contribution in [0.25, 0.3) is 0 Å². The molecule has 0 radical (unpaired) electrons. The highest BCUT2D eigenvalue weighted by Crippen LogP contribution is 2.20. The lowest BCUT2D eigenvalue weighted by molar-refractivity contribution is -0.121. The molecule has 1 aliphatic heterocycles. The van der Waals surface area contributed by atoms with E-state index in [1.165, 1.54) is 19.3 Å². The normalized spacial score (nSPS) is 16.3. The summed E-state index contributed by atoms with van der Waals surface area (Å²) in [6.45, 7) is 5.20. The van der Waals surface area contributed by atoms with Crippen LogP contribution in [0, 0.1) is 5.92 Å². The molecule has 1 amide bonds. The van der Waals surface area contributed by atoms with Gasteiger partial charge in [0, 0.05) is 40.2 Å². The third-order valence-corrected chi connectivity index (χ3v) is 3.94. The molecule has 0 unspecified atom stereocenters. The largest absolute Gasteiger partial charge is 0.359 e. The molecule has 21 heavy (non-hydrogen) atoms. The van der Waals surface area contributed by atoms with E-state index in [4.69, 9.17) is 0 Å². The Morgan fingerprint density at radius 3 is 2.48 bits per heavy atom. The van der Waals surface area contributed by atoms with Gasteiger partial charge in [0.1, 0.15) is 0 Å². The van der Waals surface area contributed by atoms with Crippen LogP contribution in [0.15, 0.2) is 4.99 Å². The first-order valence-corrected chi connectivity index (χ1v) is 7.87. The van der Waals surface area contributed by atoms with Gasteiger partial charge in [0.25, 0.3) is 0 Å². The minimum Gasteiger partial charge on any atom is -0.359 e. The predicted molar refractivity (Wildman–Crippen MR) is 99.3 cm³/mol. The number of carbonyl (C=O) groups excluding carboxylic acids is 1. The summed E-state index contributed by atoms with van der Waals surface area (Å²) in [6.07, 6.45) is 6.51. The number of hydrogen-bond acceptors (Lipinski definition) is 2. The van der Waals surface area contributed by atoms with Crippen LogP contribution in [0.1, 0.15) is 45.4 Å². The van der Waals surface area contributed by atoms with Crippen molar-refractivity contribution in [1.82, 2.24) is 15.5 Å². The molecule has 0 aromatic rings. The molecule has 0 spiro atoms. The Hall–Kier alpha value is -0.530. The van der Waals surface area contributed by atoms with Gasteiger partial charge in [0.15, 0.2) is 5.96 Å². The maximum absolute atomic E-state index is 11.4. The van der Waals surface area contributed by atoms with Gasteiger partial charge in [-0.25, -0.2) is 0 Å². The smallest absolute Gasteiger partial charge is 0.220 e. The highest BCUT2D eigenvalue weighted by molar-refractivity contribution is 14.0. The van der Waals surface area contributed by atoms with Gasteiger partial charge in [-0.1, -0.05) is 19.8 Å². The molecular weight excluding hydrogens is 379 g/mol. The summed E-state index contributed by atoms with van der Waals surface area (Å²) >= 11 is 0. The van der Waals surface area contributed by atoms with E-state index in [0.29, 0.717) is 12.3 Å². The fourth-order valence-electron chi connectivity index (χ4n) is 2.62. The molecule has 0 aliphatic carbocycles. The quantitative estimate of drug-likeness (QED) is 0.306. The Bertz CT molecular complexity index is 315. The summed E-state index contributed by atoms with van der Waals surface area (Å²) in [5.74, 6) is 1.69. The zero-order valence-corrected chi connectivity index (χ0v) is 16.0. The number of aliphatic imine (C=N–C) groups is 1. The third-order valence-electron chi connectivity index (χ3n) is 3.94. The van der Waals surface area contributed by atoms with Gasteiger partial charge < -0.3 is 15.5 Å². The first-order chi connectivity index (χ1) is 9.71. The second-order valence-electron chi connectivity index (χ2n) is 5.49. The first-order valence-electron chi connectivity index (χ1n) is 7.87. The molecular formula is C15H31IN4O. The van der Waals surface area contributed by atoms with E-state index in [0.717, 1.165) is 38.4 Å². The Morgan fingerprint density at radius 1 is 1.29 bits per heavy atom. The van der Waals surface area contributed by atoms with E-state index in [1.807, 2.05) is 7.05 Å². The number of piperidine rings is 1. The third kappa shape index (κ3) is 7.87. The molecule has 5 nitrogen and oxygen atoms in total. The van der Waals surface area contributed by atoms with E-state index < -0.39 is 0 Å². The Labute approximate surface area is 146 Å². The summed E-state index contributed by atoms with van der Waals surface area (Å²) in [7, 11) is 3.55.